The SMILES string of the molecule is COc1ccc(NS(=O)(=O)c2ccc(OCC(=O)Nc3ccc(C(=O)N4CCN(C)CC4)cc3)c(Cl)c2)cc1. The summed E-state index contributed by atoms with van der Waals surface area (Å²) in [6.07, 6.45) is 0. The first kappa shape index (κ1) is 28.2. The highest BCUT2D eigenvalue weighted by atomic mass is 35.5. The van der Waals surface area contributed by atoms with Gasteiger partial charge in [-0.15, -0.1) is 0 Å². The highest BCUT2D eigenvalue weighted by molar-refractivity contribution is 7.92. The molecule has 1 aliphatic rings. The van der Waals surface area contributed by atoms with Crippen molar-refractivity contribution < 1.29 is 27.5 Å². The molecule has 1 fully saturated rings. The lowest BCUT2D eigenvalue weighted by Crippen LogP contribution is -2.47. The third-order valence-corrected chi connectivity index (χ3v) is 7.80. The van der Waals surface area contributed by atoms with E-state index in [1.165, 1.54) is 25.3 Å². The van der Waals surface area contributed by atoms with Gasteiger partial charge in [0.2, 0.25) is 0 Å². The number of amides is 2. The lowest BCUT2D eigenvalue weighted by Gasteiger charge is -2.32. The monoisotopic (exact) mass is 572 g/mol. The van der Waals surface area contributed by atoms with Crippen LogP contribution < -0.4 is 19.5 Å². The van der Waals surface area contributed by atoms with Gasteiger partial charge in [0.05, 0.1) is 17.0 Å². The zero-order valence-corrected chi connectivity index (χ0v) is 23.1. The Morgan fingerprint density at radius 1 is 0.923 bits per heavy atom. The third-order valence-electron chi connectivity index (χ3n) is 6.12. The molecule has 0 unspecified atom stereocenters. The number of ether oxygens (including phenoxy) is 2. The van der Waals surface area contributed by atoms with E-state index in [-0.39, 0.29) is 28.2 Å². The summed E-state index contributed by atoms with van der Waals surface area (Å²) in [5.41, 5.74) is 1.42. The topological polar surface area (TPSA) is 117 Å². The number of nitrogens with one attached hydrogen (secondary N) is 2. The molecule has 0 bridgehead atoms. The number of nitrogens with zero attached hydrogens (tertiary/aromatic N) is 2. The van der Waals surface area contributed by atoms with Gasteiger partial charge in [0.15, 0.2) is 6.61 Å². The van der Waals surface area contributed by atoms with Gasteiger partial charge in [0, 0.05) is 43.1 Å². The Kier molecular flexibility index (Phi) is 8.95. The van der Waals surface area contributed by atoms with Crippen LogP contribution in [0.15, 0.2) is 71.6 Å². The number of halogens is 1. The van der Waals surface area contributed by atoms with Crippen molar-refractivity contribution in [1.29, 1.82) is 0 Å². The average molecular weight is 573 g/mol. The minimum Gasteiger partial charge on any atom is -0.497 e. The Morgan fingerprint density at radius 3 is 2.18 bits per heavy atom. The molecule has 0 aliphatic carbocycles. The zero-order valence-electron chi connectivity index (χ0n) is 21.5. The summed E-state index contributed by atoms with van der Waals surface area (Å²) in [5, 5.41) is 2.74. The van der Waals surface area contributed by atoms with E-state index in [1.54, 1.807) is 48.5 Å². The van der Waals surface area contributed by atoms with Gasteiger partial charge in [0.1, 0.15) is 11.5 Å². The Balaban J connectivity index is 1.30. The Bertz CT molecular complexity index is 1420. The molecule has 1 aliphatic heterocycles. The van der Waals surface area contributed by atoms with E-state index in [4.69, 9.17) is 21.1 Å². The Labute approximate surface area is 232 Å². The maximum absolute atomic E-state index is 12.7. The molecule has 3 aromatic carbocycles. The molecule has 12 heteroatoms. The predicted octanol–water partition coefficient (Wildman–Crippen LogP) is 3.55. The number of sulfonamides is 1. The van der Waals surface area contributed by atoms with Crippen LogP contribution in [0, 0.1) is 0 Å². The molecule has 0 aromatic heterocycles. The Morgan fingerprint density at radius 2 is 1.56 bits per heavy atom. The van der Waals surface area contributed by atoms with Gasteiger partial charge < -0.3 is 24.6 Å². The fraction of sp³-hybridized carbons (Fsp3) is 0.259. The number of hydrogen-bond acceptors (Lipinski definition) is 7. The number of carbonyl (C=O) groups excluding carboxylic acids is 2. The number of likely N-dealkylation sites (N-methyl/N-ethyl adjacent to an activating group) is 1. The summed E-state index contributed by atoms with van der Waals surface area (Å²) in [4.78, 5) is 29.0. The first-order valence-electron chi connectivity index (χ1n) is 12.1. The summed E-state index contributed by atoms with van der Waals surface area (Å²) in [5.74, 6) is 0.272. The quantitative estimate of drug-likeness (QED) is 0.403. The van der Waals surface area contributed by atoms with Crippen molar-refractivity contribution in [1.82, 2.24) is 9.80 Å². The van der Waals surface area contributed by atoms with Gasteiger partial charge in [-0.2, -0.15) is 0 Å². The molecule has 2 amide bonds. The largest absolute Gasteiger partial charge is 0.497 e. The maximum atomic E-state index is 12.7. The van der Waals surface area contributed by atoms with Crippen molar-refractivity contribution in [2.75, 3.05) is 57.0 Å². The van der Waals surface area contributed by atoms with Crippen LogP contribution in [0.1, 0.15) is 10.4 Å². The van der Waals surface area contributed by atoms with Crippen LogP contribution in [0.3, 0.4) is 0 Å². The second-order valence-electron chi connectivity index (χ2n) is 8.94. The Hall–Kier alpha value is -3.80. The van der Waals surface area contributed by atoms with Crippen molar-refractivity contribution in [2.24, 2.45) is 0 Å². The van der Waals surface area contributed by atoms with E-state index in [0.717, 1.165) is 13.1 Å². The van der Waals surface area contributed by atoms with Gasteiger partial charge in [-0.1, -0.05) is 11.6 Å². The summed E-state index contributed by atoms with van der Waals surface area (Å²) < 4.78 is 38.5. The predicted molar refractivity (Wildman–Crippen MR) is 149 cm³/mol. The lowest BCUT2D eigenvalue weighted by molar-refractivity contribution is -0.118. The van der Waals surface area contributed by atoms with E-state index < -0.39 is 15.9 Å². The summed E-state index contributed by atoms with van der Waals surface area (Å²) >= 11 is 6.24. The van der Waals surface area contributed by atoms with Crippen LogP contribution in [0.2, 0.25) is 5.02 Å². The van der Waals surface area contributed by atoms with Crippen LogP contribution in [0.25, 0.3) is 0 Å². The molecule has 206 valence electrons. The van der Waals surface area contributed by atoms with Gasteiger partial charge in [-0.25, -0.2) is 8.42 Å². The minimum absolute atomic E-state index is 0.0344. The molecular formula is C27H29ClN4O6S. The normalized spacial score (nSPS) is 14.0. The molecule has 0 spiro atoms. The van der Waals surface area contributed by atoms with Crippen molar-refractivity contribution in [3.63, 3.8) is 0 Å². The van der Waals surface area contributed by atoms with Crippen LogP contribution in [-0.2, 0) is 14.8 Å². The van der Waals surface area contributed by atoms with Crippen LogP contribution in [0.5, 0.6) is 11.5 Å². The van der Waals surface area contributed by atoms with Crippen molar-refractivity contribution in [3.8, 4) is 11.5 Å². The first-order chi connectivity index (χ1) is 18.6. The molecule has 39 heavy (non-hydrogen) atoms. The van der Waals surface area contributed by atoms with Gasteiger partial charge in [-0.3, -0.25) is 14.3 Å². The average Bonchev–Trinajstić information content (AvgIpc) is 2.93. The zero-order chi connectivity index (χ0) is 28.0. The van der Waals surface area contributed by atoms with Gasteiger partial charge in [-0.05, 0) is 73.8 Å². The molecule has 1 saturated heterocycles. The summed E-state index contributed by atoms with van der Waals surface area (Å²) in [6.45, 7) is 2.68. The third kappa shape index (κ3) is 7.41. The molecule has 2 N–H and O–H groups in total. The van der Waals surface area contributed by atoms with E-state index in [9.17, 15) is 18.0 Å². The number of methoxy groups -OCH3 is 1. The summed E-state index contributed by atoms with van der Waals surface area (Å²) in [6, 6.07) is 17.0. The molecule has 3 aromatic rings. The molecule has 1 heterocycles. The van der Waals surface area contributed by atoms with Crippen molar-refractivity contribution in [2.45, 2.75) is 4.90 Å². The van der Waals surface area contributed by atoms with Gasteiger partial charge in [0.25, 0.3) is 21.8 Å². The molecular weight excluding hydrogens is 544 g/mol. The van der Waals surface area contributed by atoms with Crippen LogP contribution in [-0.4, -0.2) is 77.0 Å². The number of anilines is 2. The van der Waals surface area contributed by atoms with E-state index in [1.807, 2.05) is 11.9 Å². The highest BCUT2D eigenvalue weighted by Gasteiger charge is 2.20. The van der Waals surface area contributed by atoms with E-state index in [2.05, 4.69) is 14.9 Å². The molecule has 10 nitrogen and oxygen atoms in total. The number of piperazine rings is 1. The number of carbonyl (C=O) groups is 2. The molecule has 0 radical (unpaired) electrons. The van der Waals surface area contributed by atoms with Crippen LogP contribution in [0.4, 0.5) is 11.4 Å². The lowest BCUT2D eigenvalue weighted by atomic mass is 10.1. The van der Waals surface area contributed by atoms with E-state index >= 15 is 0 Å². The minimum atomic E-state index is -3.90. The number of benzene rings is 3. The first-order valence-corrected chi connectivity index (χ1v) is 14.0. The fourth-order valence-electron chi connectivity index (χ4n) is 3.87. The van der Waals surface area contributed by atoms with Crippen molar-refractivity contribution in [3.05, 3.63) is 77.3 Å². The second kappa shape index (κ2) is 12.4. The standard InChI is InChI=1S/C27H29ClN4O6S/c1-31-13-15-32(16-14-31)27(34)19-3-5-20(6-4-19)29-26(33)18-38-25-12-11-23(17-24(25)28)39(35,36)30-21-7-9-22(37-2)10-8-21/h3-12,17,30H,13-16,18H2,1-2H3,(H,29,33). The summed E-state index contributed by atoms with van der Waals surface area (Å²) in [7, 11) is -0.357. The smallest absolute Gasteiger partial charge is 0.262 e. The maximum Gasteiger partial charge on any atom is 0.262 e. The van der Waals surface area contributed by atoms with Gasteiger partial charge >= 0.3 is 0 Å². The molecule has 0 saturated carbocycles. The van der Waals surface area contributed by atoms with Crippen LogP contribution >= 0.6 is 11.6 Å². The fourth-order valence-corrected chi connectivity index (χ4v) is 5.25. The number of rotatable bonds is 9. The molecule has 4 rings (SSSR count). The highest BCUT2D eigenvalue weighted by Crippen LogP contribution is 2.28. The van der Waals surface area contributed by atoms with E-state index in [0.29, 0.717) is 35.8 Å². The number of hydrogen-bond donors (Lipinski definition) is 2. The van der Waals surface area contributed by atoms with Crippen molar-refractivity contribution >= 4 is 44.8 Å². The second-order valence-corrected chi connectivity index (χ2v) is 11.0. The molecule has 0 atom stereocenters.